The van der Waals surface area contributed by atoms with E-state index >= 15 is 0 Å². The number of piperazine rings is 1. The van der Waals surface area contributed by atoms with E-state index in [0.717, 1.165) is 37.7 Å². The summed E-state index contributed by atoms with van der Waals surface area (Å²) in [6.45, 7) is 7.43. The summed E-state index contributed by atoms with van der Waals surface area (Å²) < 4.78 is 18.7. The van der Waals surface area contributed by atoms with E-state index in [9.17, 15) is 9.18 Å². The number of halogens is 1. The Balaban J connectivity index is 1.24. The molecule has 7 heteroatoms. The molecule has 0 radical (unpaired) electrons. The van der Waals surface area contributed by atoms with Gasteiger partial charge in [0, 0.05) is 45.3 Å². The Morgan fingerprint density at radius 2 is 1.93 bits per heavy atom. The van der Waals surface area contributed by atoms with Crippen LogP contribution in [0.3, 0.4) is 0 Å². The third kappa shape index (κ3) is 4.04. The van der Waals surface area contributed by atoms with Crippen molar-refractivity contribution >= 4 is 6.03 Å². The van der Waals surface area contributed by atoms with Crippen molar-refractivity contribution in [1.29, 1.82) is 0 Å². The average Bonchev–Trinajstić information content (AvgIpc) is 2.73. The van der Waals surface area contributed by atoms with Crippen LogP contribution in [0.1, 0.15) is 18.4 Å². The highest BCUT2D eigenvalue weighted by Crippen LogP contribution is 2.31. The molecule has 4 saturated heterocycles. The number of piperidine rings is 3. The summed E-state index contributed by atoms with van der Waals surface area (Å²) in [6, 6.07) is 5.36. The molecule has 0 unspecified atom stereocenters. The van der Waals surface area contributed by atoms with E-state index in [2.05, 4.69) is 15.1 Å². The normalized spacial score (nSPS) is 28.2. The van der Waals surface area contributed by atoms with Crippen LogP contribution in [0, 0.1) is 11.7 Å². The van der Waals surface area contributed by atoms with Gasteiger partial charge in [0.15, 0.2) is 11.6 Å². The van der Waals surface area contributed by atoms with Crippen LogP contribution in [0.15, 0.2) is 18.2 Å². The molecule has 5 rings (SSSR count). The number of nitrogens with one attached hydrogen (secondary N) is 1. The predicted molar refractivity (Wildman–Crippen MR) is 101 cm³/mol. The van der Waals surface area contributed by atoms with Gasteiger partial charge in [-0.15, -0.1) is 0 Å². The highest BCUT2D eigenvalue weighted by molar-refractivity contribution is 5.74. The van der Waals surface area contributed by atoms with E-state index in [0.29, 0.717) is 12.6 Å². The maximum Gasteiger partial charge on any atom is 0.317 e. The summed E-state index contributed by atoms with van der Waals surface area (Å²) in [5.74, 6) is 0.643. The lowest BCUT2D eigenvalue weighted by Crippen LogP contribution is -2.62. The van der Waals surface area contributed by atoms with Gasteiger partial charge in [0.2, 0.25) is 0 Å². The van der Waals surface area contributed by atoms with Gasteiger partial charge in [-0.05, 0) is 49.5 Å². The van der Waals surface area contributed by atoms with E-state index in [4.69, 9.17) is 4.74 Å². The van der Waals surface area contributed by atoms with Crippen molar-refractivity contribution in [1.82, 2.24) is 20.0 Å². The zero-order chi connectivity index (χ0) is 18.8. The predicted octanol–water partition coefficient (Wildman–Crippen LogP) is 1.76. The van der Waals surface area contributed by atoms with Crippen LogP contribution in [0.25, 0.3) is 0 Å². The SMILES string of the molecule is COc1ccc(CNC(=O)N2CCN([C@H]3CN4CCC3CC4)CC2)cc1F. The molecule has 0 saturated carbocycles. The zero-order valence-electron chi connectivity index (χ0n) is 16.0. The summed E-state index contributed by atoms with van der Waals surface area (Å²) in [7, 11) is 1.44. The minimum atomic E-state index is -0.407. The second-order valence-corrected chi connectivity index (χ2v) is 7.86. The van der Waals surface area contributed by atoms with Gasteiger partial charge in [-0.1, -0.05) is 6.07 Å². The lowest BCUT2D eigenvalue weighted by Gasteiger charge is -2.50. The molecule has 6 nitrogen and oxygen atoms in total. The molecule has 4 aliphatic rings. The largest absolute Gasteiger partial charge is 0.494 e. The molecule has 27 heavy (non-hydrogen) atoms. The van der Waals surface area contributed by atoms with Crippen LogP contribution in [0.5, 0.6) is 5.75 Å². The number of urea groups is 1. The van der Waals surface area contributed by atoms with Crippen molar-refractivity contribution in [2.75, 3.05) is 52.9 Å². The molecular formula is C20H29FN4O2. The van der Waals surface area contributed by atoms with Crippen LogP contribution in [0.4, 0.5) is 9.18 Å². The van der Waals surface area contributed by atoms with Crippen LogP contribution in [0.2, 0.25) is 0 Å². The molecule has 1 aromatic rings. The first kappa shape index (κ1) is 18.5. The summed E-state index contributed by atoms with van der Waals surface area (Å²) in [5, 5.41) is 2.91. The minimum Gasteiger partial charge on any atom is -0.494 e. The van der Waals surface area contributed by atoms with Crippen molar-refractivity contribution in [2.45, 2.75) is 25.4 Å². The molecule has 148 valence electrons. The highest BCUT2D eigenvalue weighted by atomic mass is 19.1. The number of fused-ring (bicyclic) bond motifs is 3. The minimum absolute atomic E-state index is 0.0696. The fraction of sp³-hybridized carbons (Fsp3) is 0.650. The molecule has 2 bridgehead atoms. The van der Waals surface area contributed by atoms with Crippen molar-refractivity contribution in [3.8, 4) is 5.75 Å². The van der Waals surface area contributed by atoms with Crippen molar-refractivity contribution in [3.63, 3.8) is 0 Å². The fourth-order valence-corrected chi connectivity index (χ4v) is 4.71. The molecule has 1 N–H and O–H groups in total. The Hall–Kier alpha value is -1.86. The molecule has 4 fully saturated rings. The third-order valence-electron chi connectivity index (χ3n) is 6.35. The van der Waals surface area contributed by atoms with Gasteiger partial charge in [0.25, 0.3) is 0 Å². The topological polar surface area (TPSA) is 48.1 Å². The second kappa shape index (κ2) is 8.02. The van der Waals surface area contributed by atoms with Gasteiger partial charge in [-0.25, -0.2) is 9.18 Å². The molecule has 1 atom stereocenters. The number of hydrogen-bond donors (Lipinski definition) is 1. The summed E-state index contributed by atoms with van der Waals surface area (Å²) in [5.41, 5.74) is 0.729. The molecule has 4 heterocycles. The average molecular weight is 376 g/mol. The van der Waals surface area contributed by atoms with E-state index in [-0.39, 0.29) is 11.8 Å². The Morgan fingerprint density at radius 3 is 2.52 bits per heavy atom. The first-order valence-corrected chi connectivity index (χ1v) is 9.95. The monoisotopic (exact) mass is 376 g/mol. The molecular weight excluding hydrogens is 347 g/mol. The zero-order valence-corrected chi connectivity index (χ0v) is 16.0. The van der Waals surface area contributed by atoms with E-state index in [1.54, 1.807) is 12.1 Å². The fourth-order valence-electron chi connectivity index (χ4n) is 4.71. The first-order chi connectivity index (χ1) is 13.1. The highest BCUT2D eigenvalue weighted by Gasteiger charge is 2.38. The number of carbonyl (C=O) groups is 1. The number of ether oxygens (including phenoxy) is 1. The van der Waals surface area contributed by atoms with Gasteiger partial charge in [-0.3, -0.25) is 4.90 Å². The van der Waals surface area contributed by atoms with E-state index in [1.807, 2.05) is 4.90 Å². The Kier molecular flexibility index (Phi) is 5.50. The van der Waals surface area contributed by atoms with E-state index in [1.165, 1.54) is 45.7 Å². The lowest BCUT2D eigenvalue weighted by molar-refractivity contribution is -0.0103. The Morgan fingerprint density at radius 1 is 1.19 bits per heavy atom. The Bertz CT molecular complexity index is 670. The lowest BCUT2D eigenvalue weighted by atomic mass is 9.83. The van der Waals surface area contributed by atoms with Crippen LogP contribution in [-0.2, 0) is 6.54 Å². The van der Waals surface area contributed by atoms with E-state index < -0.39 is 5.82 Å². The molecule has 2 amide bonds. The number of benzene rings is 1. The second-order valence-electron chi connectivity index (χ2n) is 7.86. The first-order valence-electron chi connectivity index (χ1n) is 9.95. The van der Waals surface area contributed by atoms with Gasteiger partial charge in [0.1, 0.15) is 0 Å². The standard InChI is InChI=1S/C20H29FN4O2/c1-27-19-3-2-15(12-17(19)21)13-22-20(26)25-10-8-24(9-11-25)18-14-23-6-4-16(18)5-7-23/h2-3,12,16,18H,4-11,13-14H2,1H3,(H,22,26)/t18-/m0/s1. The van der Waals surface area contributed by atoms with Gasteiger partial charge in [0.05, 0.1) is 7.11 Å². The molecule has 0 spiro atoms. The number of hydrogen-bond acceptors (Lipinski definition) is 4. The maximum atomic E-state index is 13.8. The van der Waals surface area contributed by atoms with Gasteiger partial charge in [-0.2, -0.15) is 0 Å². The number of amides is 2. The number of methoxy groups -OCH3 is 1. The molecule has 4 aliphatic heterocycles. The number of carbonyl (C=O) groups excluding carboxylic acids is 1. The summed E-state index contributed by atoms with van der Waals surface area (Å²) in [4.78, 5) is 19.5. The van der Waals surface area contributed by atoms with Crippen LogP contribution < -0.4 is 10.1 Å². The van der Waals surface area contributed by atoms with Crippen LogP contribution in [-0.4, -0.2) is 79.7 Å². The van der Waals surface area contributed by atoms with Crippen molar-refractivity contribution in [2.24, 2.45) is 5.92 Å². The molecule has 0 aromatic heterocycles. The smallest absolute Gasteiger partial charge is 0.317 e. The van der Waals surface area contributed by atoms with Crippen LogP contribution >= 0.6 is 0 Å². The maximum absolute atomic E-state index is 13.8. The van der Waals surface area contributed by atoms with Gasteiger partial charge < -0.3 is 19.9 Å². The molecule has 1 aromatic carbocycles. The van der Waals surface area contributed by atoms with Crippen molar-refractivity contribution in [3.05, 3.63) is 29.6 Å². The third-order valence-corrected chi connectivity index (χ3v) is 6.35. The summed E-state index contributed by atoms with van der Waals surface area (Å²) in [6.07, 6.45) is 2.65. The number of nitrogens with zero attached hydrogens (tertiary/aromatic N) is 3. The Labute approximate surface area is 160 Å². The molecule has 0 aliphatic carbocycles. The van der Waals surface area contributed by atoms with Crippen molar-refractivity contribution < 1.29 is 13.9 Å². The quantitative estimate of drug-likeness (QED) is 0.870. The number of rotatable bonds is 4. The van der Waals surface area contributed by atoms with Gasteiger partial charge >= 0.3 is 6.03 Å². The summed E-state index contributed by atoms with van der Waals surface area (Å²) >= 11 is 0.